The van der Waals surface area contributed by atoms with Crippen molar-refractivity contribution in [3.63, 3.8) is 0 Å². The third kappa shape index (κ3) is 9.06. The number of amides is 1. The minimum absolute atomic E-state index is 0.0285. The van der Waals surface area contributed by atoms with Crippen LogP contribution < -0.4 is 0 Å². The normalized spacial score (nSPS) is 11.7. The maximum absolute atomic E-state index is 12.6. The maximum Gasteiger partial charge on any atom is 0.306 e. The molecule has 2 rings (SSSR count). The second-order valence-electron chi connectivity index (χ2n) is 7.64. The smallest absolute Gasteiger partial charge is 0.306 e. The lowest BCUT2D eigenvalue weighted by molar-refractivity contribution is -0.143. The van der Waals surface area contributed by atoms with Gasteiger partial charge < -0.3 is 9.64 Å². The van der Waals surface area contributed by atoms with E-state index in [1.54, 1.807) is 24.3 Å². The van der Waals surface area contributed by atoms with Crippen LogP contribution in [0.15, 0.2) is 58.3 Å². The van der Waals surface area contributed by atoms with Gasteiger partial charge in [0.15, 0.2) is 0 Å². The summed E-state index contributed by atoms with van der Waals surface area (Å²) >= 11 is 0. The number of carbonyl (C=O) groups excluding carboxylic acids is 2. The summed E-state index contributed by atoms with van der Waals surface area (Å²) in [4.78, 5) is 25.1. The zero-order valence-electron chi connectivity index (χ0n) is 19.8. The van der Waals surface area contributed by atoms with Crippen LogP contribution in [0.1, 0.15) is 24.0 Å². The van der Waals surface area contributed by atoms with Crippen molar-refractivity contribution < 1.29 is 39.5 Å². The van der Waals surface area contributed by atoms with Gasteiger partial charge in [0.05, 0.1) is 36.5 Å². The Hall–Kier alpha value is -2.80. The Labute approximate surface area is 206 Å². The van der Waals surface area contributed by atoms with Gasteiger partial charge in [0, 0.05) is 19.5 Å². The highest BCUT2D eigenvalue weighted by molar-refractivity contribution is 7.87. The molecule has 10 nitrogen and oxygen atoms in total. The summed E-state index contributed by atoms with van der Waals surface area (Å²) in [5, 5.41) is 0. The Morgan fingerprint density at radius 2 is 1.11 bits per heavy atom. The van der Waals surface area contributed by atoms with Gasteiger partial charge in [-0.3, -0.25) is 18.0 Å². The lowest BCUT2D eigenvalue weighted by atomic mass is 10.2. The van der Waals surface area contributed by atoms with Crippen molar-refractivity contribution in [3.8, 4) is 0 Å². The van der Waals surface area contributed by atoms with Crippen molar-refractivity contribution in [3.05, 3.63) is 59.7 Å². The monoisotopic (exact) mass is 527 g/mol. The van der Waals surface area contributed by atoms with Crippen LogP contribution >= 0.6 is 0 Å². The molecule has 0 saturated carbocycles. The van der Waals surface area contributed by atoms with Crippen LogP contribution in [0.5, 0.6) is 0 Å². The van der Waals surface area contributed by atoms with E-state index in [-0.39, 0.29) is 48.9 Å². The molecule has 0 N–H and O–H groups in total. The third-order valence-corrected chi connectivity index (χ3v) is 7.60. The molecule has 2 aromatic rings. The van der Waals surface area contributed by atoms with Crippen molar-refractivity contribution in [2.24, 2.45) is 0 Å². The van der Waals surface area contributed by atoms with Gasteiger partial charge in [-0.25, -0.2) is 0 Å². The summed E-state index contributed by atoms with van der Waals surface area (Å²) in [6, 6.07) is 12.2. The number of carbonyl (C=O) groups is 2. The highest BCUT2D eigenvalue weighted by Gasteiger charge is 2.21. The Balaban J connectivity index is 2.01. The predicted octanol–water partition coefficient (Wildman–Crippen LogP) is 2.20. The fraction of sp³-hybridized carbons (Fsp3) is 0.391. The molecule has 0 saturated heterocycles. The summed E-state index contributed by atoms with van der Waals surface area (Å²) in [5.74, 6) is -1.10. The van der Waals surface area contributed by atoms with E-state index in [1.807, 2.05) is 13.8 Å². The predicted molar refractivity (Wildman–Crippen MR) is 126 cm³/mol. The first-order valence-corrected chi connectivity index (χ1v) is 13.5. The van der Waals surface area contributed by atoms with Gasteiger partial charge in [0.25, 0.3) is 20.2 Å². The van der Waals surface area contributed by atoms with E-state index in [0.29, 0.717) is 0 Å². The van der Waals surface area contributed by atoms with E-state index in [1.165, 1.54) is 36.3 Å². The van der Waals surface area contributed by atoms with Crippen LogP contribution in [-0.2, 0) is 42.9 Å². The molecule has 0 radical (unpaired) electrons. The second kappa shape index (κ2) is 12.8. The number of nitrogens with zero attached hydrogens (tertiary/aromatic N) is 1. The van der Waals surface area contributed by atoms with Crippen LogP contribution in [0.2, 0.25) is 0 Å². The Kier molecular flexibility index (Phi) is 10.4. The molecule has 0 atom stereocenters. The van der Waals surface area contributed by atoms with Crippen molar-refractivity contribution >= 4 is 32.1 Å². The molecule has 0 heterocycles. The van der Waals surface area contributed by atoms with Crippen LogP contribution in [-0.4, -0.2) is 67.0 Å². The van der Waals surface area contributed by atoms with Crippen molar-refractivity contribution in [1.29, 1.82) is 0 Å². The molecule has 0 aliphatic carbocycles. The van der Waals surface area contributed by atoms with Gasteiger partial charge in [0.2, 0.25) is 5.91 Å². The van der Waals surface area contributed by atoms with Gasteiger partial charge in [-0.05, 0) is 38.1 Å². The lowest BCUT2D eigenvalue weighted by Crippen LogP contribution is -2.37. The summed E-state index contributed by atoms with van der Waals surface area (Å²) in [6.45, 7) is 2.56. The van der Waals surface area contributed by atoms with Crippen LogP contribution in [0, 0.1) is 13.8 Å². The third-order valence-electron chi connectivity index (χ3n) is 4.94. The summed E-state index contributed by atoms with van der Waals surface area (Å²) in [5.41, 5.74) is 1.76. The molecule has 0 aliphatic rings. The number of benzene rings is 2. The van der Waals surface area contributed by atoms with Gasteiger partial charge in [-0.15, -0.1) is 0 Å². The topological polar surface area (TPSA) is 133 Å². The van der Waals surface area contributed by atoms with E-state index in [4.69, 9.17) is 8.37 Å². The molecule has 192 valence electrons. The van der Waals surface area contributed by atoms with E-state index < -0.39 is 32.1 Å². The van der Waals surface area contributed by atoms with Crippen molar-refractivity contribution in [1.82, 2.24) is 4.90 Å². The molecule has 0 spiro atoms. The molecule has 2 aromatic carbocycles. The Morgan fingerprint density at radius 3 is 1.49 bits per heavy atom. The molecule has 0 fully saturated rings. The van der Waals surface area contributed by atoms with Crippen molar-refractivity contribution in [2.45, 2.75) is 36.5 Å². The van der Waals surface area contributed by atoms with Crippen LogP contribution in [0.3, 0.4) is 0 Å². The van der Waals surface area contributed by atoms with Gasteiger partial charge in [-0.2, -0.15) is 16.8 Å². The number of methoxy groups -OCH3 is 1. The van der Waals surface area contributed by atoms with Gasteiger partial charge >= 0.3 is 5.97 Å². The summed E-state index contributed by atoms with van der Waals surface area (Å²) < 4.78 is 64.1. The van der Waals surface area contributed by atoms with Crippen molar-refractivity contribution in [2.75, 3.05) is 33.4 Å². The van der Waals surface area contributed by atoms with Crippen LogP contribution in [0.4, 0.5) is 0 Å². The first kappa shape index (κ1) is 28.4. The number of rotatable bonds is 13. The minimum Gasteiger partial charge on any atom is -0.469 e. The second-order valence-corrected chi connectivity index (χ2v) is 10.9. The largest absolute Gasteiger partial charge is 0.469 e. The Morgan fingerprint density at radius 1 is 0.714 bits per heavy atom. The fourth-order valence-corrected chi connectivity index (χ4v) is 4.69. The summed E-state index contributed by atoms with van der Waals surface area (Å²) in [6.07, 6.45) is -0.390. The maximum atomic E-state index is 12.6. The zero-order chi connectivity index (χ0) is 26.1. The highest BCUT2D eigenvalue weighted by Crippen LogP contribution is 2.15. The number of esters is 1. The zero-order valence-corrected chi connectivity index (χ0v) is 21.4. The van der Waals surface area contributed by atoms with E-state index in [0.717, 1.165) is 11.1 Å². The average molecular weight is 528 g/mol. The standard InChI is InChI=1S/C23H29NO9S2/c1-18-4-8-20(9-5-18)34(27,28)32-16-14-24(22(25)12-13-23(26)31-3)15-17-33-35(29,30)21-10-6-19(2)7-11-21/h4-11H,12-17H2,1-3H3. The fourth-order valence-electron chi connectivity index (χ4n) is 2.89. The average Bonchev–Trinajstić information content (AvgIpc) is 2.81. The molecular formula is C23H29NO9S2. The van der Waals surface area contributed by atoms with E-state index in [2.05, 4.69) is 4.74 Å². The molecule has 12 heteroatoms. The lowest BCUT2D eigenvalue weighted by Gasteiger charge is -2.22. The molecule has 1 amide bonds. The first-order chi connectivity index (χ1) is 16.4. The Bertz CT molecular complexity index is 1130. The summed E-state index contributed by atoms with van der Waals surface area (Å²) in [7, 11) is -6.91. The number of ether oxygens (including phenoxy) is 1. The molecule has 0 aliphatic heterocycles. The highest BCUT2D eigenvalue weighted by atomic mass is 32.2. The molecule has 0 bridgehead atoms. The quantitative estimate of drug-likeness (QED) is 0.284. The SMILES string of the molecule is COC(=O)CCC(=O)N(CCOS(=O)(=O)c1ccc(C)cc1)CCOS(=O)(=O)c1ccc(C)cc1. The van der Waals surface area contributed by atoms with Crippen LogP contribution in [0.25, 0.3) is 0 Å². The minimum atomic E-state index is -4.05. The first-order valence-electron chi connectivity index (χ1n) is 10.7. The molecular weight excluding hydrogens is 498 g/mol. The molecule has 0 aromatic heterocycles. The van der Waals surface area contributed by atoms with Gasteiger partial charge in [-0.1, -0.05) is 35.4 Å². The molecule has 35 heavy (non-hydrogen) atoms. The van der Waals surface area contributed by atoms with E-state index >= 15 is 0 Å². The number of aryl methyl sites for hydroxylation is 2. The number of hydrogen-bond donors (Lipinski definition) is 0. The van der Waals surface area contributed by atoms with E-state index in [9.17, 15) is 26.4 Å². The molecule has 0 unspecified atom stereocenters. The number of hydrogen-bond acceptors (Lipinski definition) is 9. The van der Waals surface area contributed by atoms with Gasteiger partial charge in [0.1, 0.15) is 0 Å².